The van der Waals surface area contributed by atoms with Gasteiger partial charge in [-0.15, -0.1) is 0 Å². The maximum atomic E-state index is 11.1. The summed E-state index contributed by atoms with van der Waals surface area (Å²) in [6.07, 6.45) is 0.318. The number of hydrogen-bond acceptors (Lipinski definition) is 4. The average molecular weight is 330 g/mol. The summed E-state index contributed by atoms with van der Waals surface area (Å²) in [6.45, 7) is 3.24. The first-order chi connectivity index (χ1) is 9.04. The molecular weight excluding hydrogens is 314 g/mol. The number of rotatable bonds is 7. The lowest BCUT2D eigenvalue weighted by atomic mass is 10.1. The van der Waals surface area contributed by atoms with Crippen molar-refractivity contribution >= 4 is 27.9 Å². The number of esters is 1. The van der Waals surface area contributed by atoms with Crippen LogP contribution in [0, 0.1) is 0 Å². The number of carbonyl (C=O) groups is 2. The fourth-order valence-electron chi connectivity index (χ4n) is 1.47. The standard InChI is InChI=1S/C13H16BrNO4/c1-2-19-12(16)5-6-15-8-10-4-3-9(13(17)18)7-11(10)14/h3-4,7,15H,2,5-6,8H2,1H3,(H,17,18). The Bertz CT molecular complexity index is 462. The number of halogens is 1. The second-order valence-electron chi connectivity index (χ2n) is 3.84. The molecule has 0 radical (unpaired) electrons. The fraction of sp³-hybridized carbons (Fsp3) is 0.385. The Balaban J connectivity index is 2.41. The number of carboxylic acids is 1. The molecule has 0 aliphatic carbocycles. The predicted octanol–water partition coefficient (Wildman–Crippen LogP) is 2.19. The van der Waals surface area contributed by atoms with E-state index in [2.05, 4.69) is 21.2 Å². The van der Waals surface area contributed by atoms with Crippen LogP contribution in [0.3, 0.4) is 0 Å². The van der Waals surface area contributed by atoms with Gasteiger partial charge in [-0.3, -0.25) is 4.79 Å². The summed E-state index contributed by atoms with van der Waals surface area (Å²) < 4.78 is 5.54. The fourth-order valence-corrected chi connectivity index (χ4v) is 1.99. The maximum Gasteiger partial charge on any atom is 0.335 e. The van der Waals surface area contributed by atoms with E-state index in [0.29, 0.717) is 26.1 Å². The number of hydrogen-bond donors (Lipinski definition) is 2. The van der Waals surface area contributed by atoms with Gasteiger partial charge in [0.2, 0.25) is 0 Å². The van der Waals surface area contributed by atoms with Crippen molar-refractivity contribution in [2.45, 2.75) is 19.9 Å². The number of aromatic carboxylic acids is 1. The SMILES string of the molecule is CCOC(=O)CCNCc1ccc(C(=O)O)cc1Br. The van der Waals surface area contributed by atoms with E-state index in [1.165, 1.54) is 0 Å². The van der Waals surface area contributed by atoms with Gasteiger partial charge in [-0.25, -0.2) is 4.79 Å². The van der Waals surface area contributed by atoms with Crippen LogP contribution in [0.15, 0.2) is 22.7 Å². The molecule has 0 fully saturated rings. The summed E-state index contributed by atoms with van der Waals surface area (Å²) in [5.41, 5.74) is 1.18. The first-order valence-electron chi connectivity index (χ1n) is 5.92. The highest BCUT2D eigenvalue weighted by Gasteiger charge is 2.07. The third-order valence-electron chi connectivity index (χ3n) is 2.43. The van der Waals surface area contributed by atoms with Gasteiger partial charge in [0.25, 0.3) is 0 Å². The first-order valence-corrected chi connectivity index (χ1v) is 6.72. The molecule has 0 atom stereocenters. The van der Waals surface area contributed by atoms with Crippen LogP contribution in [0.2, 0.25) is 0 Å². The van der Waals surface area contributed by atoms with E-state index >= 15 is 0 Å². The Morgan fingerprint density at radius 2 is 2.16 bits per heavy atom. The molecule has 0 amide bonds. The molecule has 2 N–H and O–H groups in total. The van der Waals surface area contributed by atoms with Gasteiger partial charge in [-0.1, -0.05) is 22.0 Å². The van der Waals surface area contributed by atoms with Crippen LogP contribution in [-0.2, 0) is 16.1 Å². The van der Waals surface area contributed by atoms with E-state index in [1.54, 1.807) is 25.1 Å². The molecule has 104 valence electrons. The lowest BCUT2D eigenvalue weighted by Crippen LogP contribution is -2.19. The number of nitrogens with one attached hydrogen (secondary N) is 1. The molecule has 0 unspecified atom stereocenters. The Morgan fingerprint density at radius 3 is 2.74 bits per heavy atom. The summed E-state index contributed by atoms with van der Waals surface area (Å²) in [5, 5.41) is 11.9. The van der Waals surface area contributed by atoms with Crippen LogP contribution in [0.1, 0.15) is 29.3 Å². The highest BCUT2D eigenvalue weighted by molar-refractivity contribution is 9.10. The molecular formula is C13H16BrNO4. The van der Waals surface area contributed by atoms with Crippen LogP contribution in [0.25, 0.3) is 0 Å². The van der Waals surface area contributed by atoms with Gasteiger partial charge in [0.05, 0.1) is 18.6 Å². The minimum atomic E-state index is -0.956. The Morgan fingerprint density at radius 1 is 1.42 bits per heavy atom. The van der Waals surface area contributed by atoms with E-state index < -0.39 is 5.97 Å². The van der Waals surface area contributed by atoms with Gasteiger partial charge in [-0.2, -0.15) is 0 Å². The maximum absolute atomic E-state index is 11.1. The van der Waals surface area contributed by atoms with Gasteiger partial charge in [-0.05, 0) is 24.6 Å². The molecule has 19 heavy (non-hydrogen) atoms. The molecule has 0 heterocycles. The molecule has 0 saturated carbocycles. The van der Waals surface area contributed by atoms with Crippen molar-refractivity contribution in [2.24, 2.45) is 0 Å². The molecule has 1 aromatic carbocycles. The molecule has 6 heteroatoms. The van der Waals surface area contributed by atoms with E-state index in [9.17, 15) is 9.59 Å². The topological polar surface area (TPSA) is 75.6 Å². The van der Waals surface area contributed by atoms with E-state index in [1.807, 2.05) is 0 Å². The second kappa shape index (κ2) is 7.91. The zero-order valence-corrected chi connectivity index (χ0v) is 12.2. The smallest absolute Gasteiger partial charge is 0.335 e. The zero-order valence-electron chi connectivity index (χ0n) is 10.6. The van der Waals surface area contributed by atoms with Crippen molar-refractivity contribution in [1.29, 1.82) is 0 Å². The van der Waals surface area contributed by atoms with Crippen molar-refractivity contribution in [2.75, 3.05) is 13.2 Å². The third kappa shape index (κ3) is 5.40. The van der Waals surface area contributed by atoms with Crippen molar-refractivity contribution in [3.05, 3.63) is 33.8 Å². The molecule has 1 rings (SSSR count). The number of benzene rings is 1. The van der Waals surface area contributed by atoms with E-state index in [0.717, 1.165) is 10.0 Å². The Hall–Kier alpha value is -1.40. The summed E-state index contributed by atoms with van der Waals surface area (Å²) in [6, 6.07) is 4.85. The summed E-state index contributed by atoms with van der Waals surface area (Å²) in [4.78, 5) is 21.9. The van der Waals surface area contributed by atoms with Gasteiger partial charge in [0, 0.05) is 17.6 Å². The minimum Gasteiger partial charge on any atom is -0.478 e. The highest BCUT2D eigenvalue weighted by atomic mass is 79.9. The molecule has 0 aliphatic heterocycles. The van der Waals surface area contributed by atoms with Gasteiger partial charge in [0.1, 0.15) is 0 Å². The molecule has 0 aromatic heterocycles. The van der Waals surface area contributed by atoms with Crippen LogP contribution in [-0.4, -0.2) is 30.2 Å². The van der Waals surface area contributed by atoms with E-state index in [-0.39, 0.29) is 11.5 Å². The number of carbonyl (C=O) groups excluding carboxylic acids is 1. The van der Waals surface area contributed by atoms with E-state index in [4.69, 9.17) is 9.84 Å². The Kier molecular flexibility index (Phi) is 6.52. The predicted molar refractivity (Wildman–Crippen MR) is 74.1 cm³/mol. The molecule has 0 aliphatic rings. The largest absolute Gasteiger partial charge is 0.478 e. The normalized spacial score (nSPS) is 10.2. The highest BCUT2D eigenvalue weighted by Crippen LogP contribution is 2.18. The number of ether oxygens (including phenoxy) is 1. The molecule has 0 saturated heterocycles. The van der Waals surface area contributed by atoms with Crippen molar-refractivity contribution < 1.29 is 19.4 Å². The summed E-state index contributed by atoms with van der Waals surface area (Å²) in [7, 11) is 0. The van der Waals surface area contributed by atoms with Gasteiger partial charge in [0.15, 0.2) is 0 Å². The third-order valence-corrected chi connectivity index (χ3v) is 3.16. The lowest BCUT2D eigenvalue weighted by molar-refractivity contribution is -0.142. The second-order valence-corrected chi connectivity index (χ2v) is 4.70. The Labute approximate surface area is 120 Å². The molecule has 5 nitrogen and oxygen atoms in total. The minimum absolute atomic E-state index is 0.227. The van der Waals surface area contributed by atoms with Crippen LogP contribution in [0.5, 0.6) is 0 Å². The number of carboxylic acid groups (broad SMARTS) is 1. The van der Waals surface area contributed by atoms with Gasteiger partial charge >= 0.3 is 11.9 Å². The average Bonchev–Trinajstić information content (AvgIpc) is 2.36. The zero-order chi connectivity index (χ0) is 14.3. The molecule has 1 aromatic rings. The monoisotopic (exact) mass is 329 g/mol. The van der Waals surface area contributed by atoms with Crippen molar-refractivity contribution in [1.82, 2.24) is 5.32 Å². The quantitative estimate of drug-likeness (QED) is 0.592. The molecule has 0 spiro atoms. The van der Waals surface area contributed by atoms with Crippen LogP contribution >= 0.6 is 15.9 Å². The van der Waals surface area contributed by atoms with Crippen molar-refractivity contribution in [3.63, 3.8) is 0 Å². The summed E-state index contributed by atoms with van der Waals surface area (Å²) >= 11 is 3.33. The van der Waals surface area contributed by atoms with Crippen LogP contribution in [0.4, 0.5) is 0 Å². The molecule has 0 bridgehead atoms. The van der Waals surface area contributed by atoms with Gasteiger partial charge < -0.3 is 15.2 Å². The van der Waals surface area contributed by atoms with Crippen molar-refractivity contribution in [3.8, 4) is 0 Å². The summed E-state index contributed by atoms with van der Waals surface area (Å²) in [5.74, 6) is -1.18. The lowest BCUT2D eigenvalue weighted by Gasteiger charge is -2.07. The first kappa shape index (κ1) is 15.7. The van der Waals surface area contributed by atoms with Crippen LogP contribution < -0.4 is 5.32 Å².